The molecule has 1 fully saturated rings. The summed E-state index contributed by atoms with van der Waals surface area (Å²) >= 11 is 0. The van der Waals surface area contributed by atoms with Crippen molar-refractivity contribution in [3.05, 3.63) is 72.4 Å². The maximum atomic E-state index is 13.2. The lowest BCUT2D eigenvalue weighted by Crippen LogP contribution is -2.50. The Morgan fingerprint density at radius 2 is 1.34 bits per heavy atom. The second-order valence-electron chi connectivity index (χ2n) is 10.7. The Labute approximate surface area is 293 Å². The van der Waals surface area contributed by atoms with Gasteiger partial charge in [0.15, 0.2) is 0 Å². The fourth-order valence-electron chi connectivity index (χ4n) is 4.07. The molecule has 2 heterocycles. The number of nitrogens with two attached hydrogens (primary N) is 1. The lowest BCUT2D eigenvalue weighted by molar-refractivity contribution is -0.193. The average molecular weight is 774 g/mol. The lowest BCUT2D eigenvalue weighted by atomic mass is 10.0. The van der Waals surface area contributed by atoms with Crippen LogP contribution in [0, 0.1) is 5.92 Å². The van der Waals surface area contributed by atoms with Crippen molar-refractivity contribution in [2.45, 2.75) is 49.9 Å². The minimum absolute atomic E-state index is 0.156. The van der Waals surface area contributed by atoms with Gasteiger partial charge in [-0.25, -0.2) is 14.4 Å². The summed E-state index contributed by atoms with van der Waals surface area (Å²) in [5.74, 6) is -8.37. The predicted molar refractivity (Wildman–Crippen MR) is 167 cm³/mol. The molecule has 53 heavy (non-hydrogen) atoms. The van der Waals surface area contributed by atoms with E-state index in [1.54, 1.807) is 6.20 Å². The van der Waals surface area contributed by atoms with Crippen LogP contribution in [0.15, 0.2) is 66.9 Å². The number of aryl methyl sites for hydroxylation is 1. The van der Waals surface area contributed by atoms with Gasteiger partial charge >= 0.3 is 36.4 Å². The number of carboxylic acid groups (broad SMARTS) is 3. The highest BCUT2D eigenvalue weighted by molar-refractivity contribution is 5.99. The number of nitrogens with zero attached hydrogens (tertiary/aromatic N) is 1. The first-order chi connectivity index (χ1) is 24.4. The normalized spacial score (nSPS) is 15.9. The van der Waals surface area contributed by atoms with Crippen LogP contribution < -0.4 is 21.7 Å². The summed E-state index contributed by atoms with van der Waals surface area (Å²) in [6.45, 7) is 1.27. The minimum atomic E-state index is -5.08. The highest BCUT2D eigenvalue weighted by Gasteiger charge is 2.39. The van der Waals surface area contributed by atoms with Gasteiger partial charge in [-0.15, -0.1) is 0 Å². The van der Waals surface area contributed by atoms with E-state index in [1.165, 1.54) is 0 Å². The van der Waals surface area contributed by atoms with Crippen LogP contribution in [0.2, 0.25) is 0 Å². The highest BCUT2D eigenvalue weighted by Crippen LogP contribution is 2.19. The van der Waals surface area contributed by atoms with E-state index in [9.17, 15) is 49.1 Å². The molecule has 2 aromatic carbocycles. The number of fused-ring (bicyclic) bond motifs is 1. The van der Waals surface area contributed by atoms with Crippen molar-refractivity contribution in [3.8, 4) is 0 Å². The SMILES string of the molecule is NC[C@H]1CN[C@H](C(=O)N[C@H](CCc2ccccc2)C(=O)Nc2ccc3ncccc3c2)C1.O=C(O)C(F)(F)F.O=C(O)C(F)(F)F.O=C(O)C(F)(F)F. The Morgan fingerprint density at radius 1 is 0.811 bits per heavy atom. The number of carbonyl (C=O) groups excluding carboxylic acids is 2. The number of amides is 2. The second kappa shape index (κ2) is 20.5. The zero-order valence-corrected chi connectivity index (χ0v) is 26.9. The van der Waals surface area contributed by atoms with Gasteiger partial charge in [-0.05, 0) is 68.1 Å². The van der Waals surface area contributed by atoms with Gasteiger partial charge in [0.1, 0.15) is 6.04 Å². The Hall–Kier alpha value is -5.51. The Morgan fingerprint density at radius 3 is 1.81 bits per heavy atom. The number of carbonyl (C=O) groups is 5. The molecule has 0 saturated carbocycles. The number of hydrogen-bond acceptors (Lipinski definition) is 8. The van der Waals surface area contributed by atoms with E-state index in [-0.39, 0.29) is 23.8 Å². The standard InChI is InChI=1S/C25H29N5O2.3C2HF3O2/c26-15-18-13-23(28-16-18)25(32)30-22(10-8-17-5-2-1-3-6-17)24(31)29-20-9-11-21-19(14-20)7-4-12-27-21;3*3-2(4,5)1(6)7/h1-7,9,11-12,14,18,22-23,28H,8,10,13,15-16,26H2,(H,29,31)(H,30,32);3*(H,6,7)/t18-,22+,23-;;;/m0.../s1. The molecular weight excluding hydrogens is 741 g/mol. The first-order valence-corrected chi connectivity index (χ1v) is 14.8. The molecule has 13 nitrogen and oxygen atoms in total. The summed E-state index contributed by atoms with van der Waals surface area (Å²) in [7, 11) is 0. The second-order valence-corrected chi connectivity index (χ2v) is 10.7. The topological polar surface area (TPSA) is 221 Å². The third-order valence-electron chi connectivity index (χ3n) is 6.67. The molecule has 1 aliphatic rings. The molecular formula is C31H32F9N5O8. The molecule has 22 heteroatoms. The third kappa shape index (κ3) is 17.5. The zero-order valence-electron chi connectivity index (χ0n) is 26.9. The summed E-state index contributed by atoms with van der Waals surface area (Å²) in [5.41, 5.74) is 8.41. The monoisotopic (exact) mass is 773 g/mol. The summed E-state index contributed by atoms with van der Waals surface area (Å²) in [6.07, 6.45) is -11.6. The Bertz CT molecular complexity index is 1620. The first kappa shape index (κ1) is 45.5. The largest absolute Gasteiger partial charge is 0.490 e. The van der Waals surface area contributed by atoms with Gasteiger partial charge in [-0.1, -0.05) is 36.4 Å². The van der Waals surface area contributed by atoms with E-state index < -0.39 is 42.5 Å². The molecule has 292 valence electrons. The zero-order chi connectivity index (χ0) is 40.6. The van der Waals surface area contributed by atoms with Crippen molar-refractivity contribution in [1.29, 1.82) is 0 Å². The van der Waals surface area contributed by atoms with Crippen molar-refractivity contribution in [2.24, 2.45) is 11.7 Å². The summed E-state index contributed by atoms with van der Waals surface area (Å²) < 4.78 is 95.2. The van der Waals surface area contributed by atoms with E-state index in [4.69, 9.17) is 35.4 Å². The number of anilines is 1. The Balaban J connectivity index is 0.000000545. The van der Waals surface area contributed by atoms with E-state index in [2.05, 4.69) is 20.9 Å². The molecule has 3 aromatic rings. The van der Waals surface area contributed by atoms with E-state index in [0.717, 1.165) is 23.0 Å². The maximum Gasteiger partial charge on any atom is 0.490 e. The number of benzene rings is 2. The number of alkyl halides is 9. The number of hydrogen-bond donors (Lipinski definition) is 7. The first-order valence-electron chi connectivity index (χ1n) is 14.8. The van der Waals surface area contributed by atoms with Crippen LogP contribution in [-0.4, -0.2) is 93.7 Å². The number of carboxylic acids is 3. The number of aromatic nitrogens is 1. The van der Waals surface area contributed by atoms with Crippen LogP contribution in [0.4, 0.5) is 45.2 Å². The third-order valence-corrected chi connectivity index (χ3v) is 6.67. The van der Waals surface area contributed by atoms with Crippen LogP contribution >= 0.6 is 0 Å². The average Bonchev–Trinajstić information content (AvgIpc) is 3.56. The maximum absolute atomic E-state index is 13.2. The molecule has 0 unspecified atom stereocenters. The van der Waals surface area contributed by atoms with Crippen molar-refractivity contribution < 1.29 is 78.8 Å². The van der Waals surface area contributed by atoms with Crippen molar-refractivity contribution >= 4 is 46.3 Å². The van der Waals surface area contributed by atoms with Gasteiger partial charge in [0.05, 0.1) is 11.6 Å². The number of halogens is 9. The Kier molecular flexibility index (Phi) is 17.6. The number of nitrogens with one attached hydrogen (secondary N) is 3. The molecule has 8 N–H and O–H groups in total. The molecule has 0 spiro atoms. The van der Waals surface area contributed by atoms with E-state index in [1.807, 2.05) is 60.7 Å². The van der Waals surface area contributed by atoms with Crippen molar-refractivity contribution in [3.63, 3.8) is 0 Å². The van der Waals surface area contributed by atoms with E-state index >= 15 is 0 Å². The van der Waals surface area contributed by atoms with Crippen LogP contribution in [0.25, 0.3) is 10.9 Å². The van der Waals surface area contributed by atoms with Gasteiger partial charge in [0.2, 0.25) is 11.8 Å². The summed E-state index contributed by atoms with van der Waals surface area (Å²) in [4.78, 5) is 57.0. The van der Waals surface area contributed by atoms with Crippen LogP contribution in [0.1, 0.15) is 18.4 Å². The summed E-state index contributed by atoms with van der Waals surface area (Å²) in [6, 6.07) is 18.4. The number of rotatable bonds is 8. The van der Waals surface area contributed by atoms with Crippen molar-refractivity contribution in [2.75, 3.05) is 18.4 Å². The number of pyridine rings is 1. The lowest BCUT2D eigenvalue weighted by Gasteiger charge is -2.21. The van der Waals surface area contributed by atoms with Gasteiger partial charge in [0.25, 0.3) is 0 Å². The predicted octanol–water partition coefficient (Wildman–Crippen LogP) is 4.13. The fraction of sp³-hybridized carbons (Fsp3) is 0.355. The molecule has 1 saturated heterocycles. The quantitative estimate of drug-likeness (QED) is 0.161. The smallest absolute Gasteiger partial charge is 0.475 e. The number of aliphatic carboxylic acids is 3. The highest BCUT2D eigenvalue weighted by atomic mass is 19.4. The van der Waals surface area contributed by atoms with Gasteiger partial charge in [-0.2, -0.15) is 39.5 Å². The molecule has 1 aliphatic heterocycles. The van der Waals surface area contributed by atoms with Crippen LogP contribution in [0.3, 0.4) is 0 Å². The molecule has 0 radical (unpaired) electrons. The summed E-state index contributed by atoms with van der Waals surface area (Å²) in [5, 5.41) is 31.5. The molecule has 3 atom stereocenters. The van der Waals surface area contributed by atoms with Gasteiger partial charge < -0.3 is 37.0 Å². The van der Waals surface area contributed by atoms with Crippen molar-refractivity contribution in [1.82, 2.24) is 15.6 Å². The molecule has 0 bridgehead atoms. The molecule has 2 amide bonds. The fourth-order valence-corrected chi connectivity index (χ4v) is 4.07. The molecule has 4 rings (SSSR count). The van der Waals surface area contributed by atoms with Gasteiger partial charge in [-0.3, -0.25) is 14.6 Å². The van der Waals surface area contributed by atoms with E-state index in [0.29, 0.717) is 31.5 Å². The molecule has 1 aromatic heterocycles. The van der Waals surface area contributed by atoms with Crippen LogP contribution in [0.5, 0.6) is 0 Å². The molecule has 0 aliphatic carbocycles. The van der Waals surface area contributed by atoms with Gasteiger partial charge in [0, 0.05) is 17.3 Å². The van der Waals surface area contributed by atoms with Crippen LogP contribution in [-0.2, 0) is 30.4 Å². The minimum Gasteiger partial charge on any atom is -0.475 e.